The van der Waals surface area contributed by atoms with Gasteiger partial charge in [-0.15, -0.1) is 25.6 Å². The molecule has 1 aliphatic rings. The monoisotopic (exact) mass is 542 g/mol. The molecule has 0 aliphatic carbocycles. The number of amides is 1. The Kier molecular flexibility index (Phi) is 8.27. The highest BCUT2D eigenvalue weighted by Gasteiger charge is 2.40. The molecule has 2 aromatic carbocycles. The third-order valence-electron chi connectivity index (χ3n) is 5.85. The SMILES string of the molecule is CC(C)(C)n1ccc(C2C[C@@H](C(=O)Nc3ccc(OC(F)(F)F)cc3)N[C@H]2c2ccc(Cl)cc2)n1.Cl. The summed E-state index contributed by atoms with van der Waals surface area (Å²) in [5.41, 5.74) is 2.04. The Hall–Kier alpha value is -2.75. The van der Waals surface area contributed by atoms with Crippen LogP contribution in [0.1, 0.15) is 50.4 Å². The van der Waals surface area contributed by atoms with E-state index >= 15 is 0 Å². The van der Waals surface area contributed by atoms with Crippen molar-refractivity contribution in [1.29, 1.82) is 0 Å². The summed E-state index contributed by atoms with van der Waals surface area (Å²) in [5, 5.41) is 11.6. The lowest BCUT2D eigenvalue weighted by Gasteiger charge is -2.21. The number of hydrogen-bond donors (Lipinski definition) is 2. The number of alkyl halides is 3. The fourth-order valence-electron chi connectivity index (χ4n) is 4.14. The molecule has 2 heterocycles. The first-order valence-corrected chi connectivity index (χ1v) is 11.5. The van der Waals surface area contributed by atoms with Crippen LogP contribution in [-0.2, 0) is 10.3 Å². The number of nitrogens with one attached hydrogen (secondary N) is 2. The normalized spacial score (nSPS) is 20.0. The van der Waals surface area contributed by atoms with Gasteiger partial charge in [-0.1, -0.05) is 23.7 Å². The lowest BCUT2D eigenvalue weighted by Crippen LogP contribution is -2.36. The highest BCUT2D eigenvalue weighted by atomic mass is 35.5. The van der Waals surface area contributed by atoms with E-state index in [1.54, 1.807) is 12.1 Å². The second-order valence-electron chi connectivity index (χ2n) is 9.51. The van der Waals surface area contributed by atoms with Crippen molar-refractivity contribution in [3.05, 3.63) is 77.1 Å². The van der Waals surface area contributed by atoms with Crippen molar-refractivity contribution < 1.29 is 22.7 Å². The van der Waals surface area contributed by atoms with Gasteiger partial charge in [-0.25, -0.2) is 0 Å². The molecule has 0 saturated carbocycles. The first kappa shape index (κ1) is 27.8. The first-order valence-electron chi connectivity index (χ1n) is 11.1. The zero-order valence-electron chi connectivity index (χ0n) is 19.8. The van der Waals surface area contributed by atoms with Gasteiger partial charge in [-0.2, -0.15) is 5.10 Å². The van der Waals surface area contributed by atoms with Gasteiger partial charge in [0.05, 0.1) is 17.3 Å². The second kappa shape index (κ2) is 10.7. The zero-order valence-corrected chi connectivity index (χ0v) is 21.4. The van der Waals surface area contributed by atoms with E-state index in [9.17, 15) is 18.0 Å². The summed E-state index contributed by atoms with van der Waals surface area (Å²) in [6, 6.07) is 13.8. The van der Waals surface area contributed by atoms with Gasteiger partial charge in [-0.3, -0.25) is 14.8 Å². The van der Waals surface area contributed by atoms with Gasteiger partial charge in [0, 0.05) is 28.9 Å². The van der Waals surface area contributed by atoms with Crippen molar-refractivity contribution in [1.82, 2.24) is 15.1 Å². The number of nitrogens with zero attached hydrogens (tertiary/aromatic N) is 2. The predicted octanol–water partition coefficient (Wildman–Crippen LogP) is 6.44. The van der Waals surface area contributed by atoms with Crippen molar-refractivity contribution in [2.45, 2.75) is 57.1 Å². The molecule has 6 nitrogen and oxygen atoms in total. The van der Waals surface area contributed by atoms with Gasteiger partial charge in [0.15, 0.2) is 0 Å². The molecule has 1 saturated heterocycles. The Bertz CT molecular complexity index is 1180. The molecule has 3 atom stereocenters. The van der Waals surface area contributed by atoms with Gasteiger partial charge in [0.25, 0.3) is 0 Å². The van der Waals surface area contributed by atoms with E-state index in [0.717, 1.165) is 23.4 Å². The molecule has 0 radical (unpaired) electrons. The smallest absolute Gasteiger partial charge is 0.406 e. The van der Waals surface area contributed by atoms with Crippen LogP contribution in [0.25, 0.3) is 0 Å². The third kappa shape index (κ3) is 6.72. The second-order valence-corrected chi connectivity index (χ2v) is 9.94. The highest BCUT2D eigenvalue weighted by Crippen LogP contribution is 2.40. The molecule has 1 aromatic heterocycles. The highest BCUT2D eigenvalue weighted by molar-refractivity contribution is 6.30. The van der Waals surface area contributed by atoms with Crippen LogP contribution in [0.5, 0.6) is 5.75 Å². The molecule has 0 spiro atoms. The molecule has 1 amide bonds. The van der Waals surface area contributed by atoms with Crippen LogP contribution >= 0.6 is 24.0 Å². The molecule has 0 bridgehead atoms. The van der Waals surface area contributed by atoms with Crippen LogP contribution in [0.3, 0.4) is 0 Å². The van der Waals surface area contributed by atoms with Crippen molar-refractivity contribution in [3.8, 4) is 5.75 Å². The van der Waals surface area contributed by atoms with E-state index < -0.39 is 12.4 Å². The Labute approximate surface area is 218 Å². The summed E-state index contributed by atoms with van der Waals surface area (Å²) >= 11 is 6.07. The molecule has 36 heavy (non-hydrogen) atoms. The molecule has 3 aromatic rings. The number of halogens is 5. The minimum atomic E-state index is -4.77. The van der Waals surface area contributed by atoms with E-state index in [0.29, 0.717) is 17.1 Å². The van der Waals surface area contributed by atoms with Gasteiger partial charge in [-0.05, 0) is 75.2 Å². The summed E-state index contributed by atoms with van der Waals surface area (Å²) in [6.45, 7) is 6.19. The minimum absolute atomic E-state index is 0. The van der Waals surface area contributed by atoms with Crippen LogP contribution in [-0.4, -0.2) is 28.1 Å². The summed E-state index contributed by atoms with van der Waals surface area (Å²) in [7, 11) is 0. The molecular weight excluding hydrogens is 516 g/mol. The molecule has 2 N–H and O–H groups in total. The Morgan fingerprint density at radius 1 is 1.08 bits per heavy atom. The van der Waals surface area contributed by atoms with Crippen LogP contribution in [0.15, 0.2) is 60.8 Å². The number of hydrogen-bond acceptors (Lipinski definition) is 4. The van der Waals surface area contributed by atoms with Gasteiger partial charge >= 0.3 is 6.36 Å². The molecule has 1 aliphatic heterocycles. The largest absolute Gasteiger partial charge is 0.573 e. The Morgan fingerprint density at radius 3 is 2.28 bits per heavy atom. The van der Waals surface area contributed by atoms with Crippen molar-refractivity contribution in [3.63, 3.8) is 0 Å². The lowest BCUT2D eigenvalue weighted by atomic mass is 9.90. The van der Waals surface area contributed by atoms with Crippen LogP contribution in [0, 0.1) is 0 Å². The predicted molar refractivity (Wildman–Crippen MR) is 135 cm³/mol. The van der Waals surface area contributed by atoms with E-state index in [2.05, 4.69) is 36.1 Å². The number of rotatable bonds is 5. The lowest BCUT2D eigenvalue weighted by molar-refractivity contribution is -0.274. The zero-order chi connectivity index (χ0) is 25.4. The minimum Gasteiger partial charge on any atom is -0.406 e. The third-order valence-corrected chi connectivity index (χ3v) is 6.10. The maximum absolute atomic E-state index is 13.1. The average Bonchev–Trinajstić information content (AvgIpc) is 3.42. The molecule has 1 unspecified atom stereocenters. The van der Waals surface area contributed by atoms with Crippen LogP contribution in [0.2, 0.25) is 5.02 Å². The van der Waals surface area contributed by atoms with Gasteiger partial charge in [0.2, 0.25) is 5.91 Å². The first-order chi connectivity index (χ1) is 16.4. The van der Waals surface area contributed by atoms with Crippen LogP contribution in [0.4, 0.5) is 18.9 Å². The van der Waals surface area contributed by atoms with Crippen molar-refractivity contribution >= 4 is 35.6 Å². The van der Waals surface area contributed by atoms with Crippen LogP contribution < -0.4 is 15.4 Å². The van der Waals surface area contributed by atoms with Crippen molar-refractivity contribution in [2.75, 3.05) is 5.32 Å². The summed E-state index contributed by atoms with van der Waals surface area (Å²) < 4.78 is 42.9. The van der Waals surface area contributed by atoms with Gasteiger partial charge in [0.1, 0.15) is 5.75 Å². The quantitative estimate of drug-likeness (QED) is 0.389. The number of benzene rings is 2. The van der Waals surface area contributed by atoms with Gasteiger partial charge < -0.3 is 10.1 Å². The standard InChI is InChI=1S/C25H26ClF3N4O2.ClH/c1-24(2,3)33-13-12-20(32-33)19-14-21(31-22(19)15-4-6-16(26)7-5-15)23(34)30-17-8-10-18(11-9-17)35-25(27,28)29;/h4-13,19,21-22,31H,14H2,1-3H3,(H,30,34);1H/t19?,21-,22-;/m0./s1. The number of carbonyl (C=O) groups excluding carboxylic acids is 1. The molecule has 4 rings (SSSR count). The molecule has 11 heteroatoms. The fourth-order valence-corrected chi connectivity index (χ4v) is 4.27. The van der Waals surface area contributed by atoms with E-state index in [-0.39, 0.29) is 41.6 Å². The Balaban J connectivity index is 0.00000361. The maximum Gasteiger partial charge on any atom is 0.573 e. The molecular formula is C25H27Cl2F3N4O2. The van der Waals surface area contributed by atoms with Crippen molar-refractivity contribution in [2.24, 2.45) is 0 Å². The topological polar surface area (TPSA) is 68.2 Å². The fraction of sp³-hybridized carbons (Fsp3) is 0.360. The summed E-state index contributed by atoms with van der Waals surface area (Å²) in [6.07, 6.45) is -2.34. The Morgan fingerprint density at radius 2 is 1.72 bits per heavy atom. The van der Waals surface area contributed by atoms with E-state index in [1.807, 2.05) is 29.1 Å². The number of carbonyl (C=O) groups is 1. The number of aromatic nitrogens is 2. The molecule has 1 fully saturated rings. The molecule has 194 valence electrons. The summed E-state index contributed by atoms with van der Waals surface area (Å²) in [4.78, 5) is 13.1. The average molecular weight is 543 g/mol. The number of ether oxygens (including phenoxy) is 1. The number of anilines is 1. The van der Waals surface area contributed by atoms with E-state index in [4.69, 9.17) is 16.7 Å². The van der Waals surface area contributed by atoms with E-state index in [1.165, 1.54) is 12.1 Å². The maximum atomic E-state index is 13.1. The summed E-state index contributed by atoms with van der Waals surface area (Å²) in [5.74, 6) is -0.712.